The summed E-state index contributed by atoms with van der Waals surface area (Å²) in [4.78, 5) is 22.3. The van der Waals surface area contributed by atoms with E-state index in [-0.39, 0.29) is 17.0 Å². The molecule has 1 fully saturated rings. The third-order valence-electron chi connectivity index (χ3n) is 3.75. The maximum Gasteiger partial charge on any atom is 0.272 e. The molecule has 1 aliphatic rings. The summed E-state index contributed by atoms with van der Waals surface area (Å²) < 4.78 is 0. The molecule has 6 heteroatoms. The van der Waals surface area contributed by atoms with Gasteiger partial charge in [0.05, 0.1) is 4.92 Å². The van der Waals surface area contributed by atoms with Crippen LogP contribution in [0, 0.1) is 23.0 Å². The van der Waals surface area contributed by atoms with E-state index in [0.717, 1.165) is 19.3 Å². The van der Waals surface area contributed by atoms with E-state index in [2.05, 4.69) is 5.32 Å². The molecule has 2 atom stereocenters. The average molecular weight is 297 g/mol. The molecule has 1 aromatic carbocycles. The fraction of sp³-hybridized carbons (Fsp3) is 0.500. The Labute approximate surface area is 122 Å². The summed E-state index contributed by atoms with van der Waals surface area (Å²) >= 11 is 6.16. The Bertz CT molecular complexity index is 533. The normalized spacial score (nSPS) is 21.7. The largest absolute Gasteiger partial charge is 0.352 e. The summed E-state index contributed by atoms with van der Waals surface area (Å²) in [5.74, 6) is 0.110. The van der Waals surface area contributed by atoms with E-state index in [1.807, 2.05) is 0 Å². The van der Waals surface area contributed by atoms with E-state index < -0.39 is 4.92 Å². The van der Waals surface area contributed by atoms with Gasteiger partial charge in [-0.05, 0) is 37.8 Å². The highest BCUT2D eigenvalue weighted by Crippen LogP contribution is 2.29. The molecule has 2 rings (SSSR count). The van der Waals surface area contributed by atoms with Gasteiger partial charge in [-0.15, -0.1) is 11.6 Å². The second-order valence-electron chi connectivity index (χ2n) is 5.18. The summed E-state index contributed by atoms with van der Waals surface area (Å²) in [5.41, 5.74) is 0.953. The Balaban J connectivity index is 1.99. The van der Waals surface area contributed by atoms with Gasteiger partial charge in [0.15, 0.2) is 0 Å². The predicted molar refractivity (Wildman–Crippen MR) is 77.1 cm³/mol. The van der Waals surface area contributed by atoms with Gasteiger partial charge in [-0.3, -0.25) is 14.9 Å². The number of nitrogens with zero attached hydrogens (tertiary/aromatic N) is 1. The van der Waals surface area contributed by atoms with Crippen molar-refractivity contribution in [2.24, 2.45) is 5.92 Å². The number of hydrogen-bond acceptors (Lipinski definition) is 3. The molecular formula is C14H17ClN2O3. The highest BCUT2D eigenvalue weighted by molar-refractivity contribution is 6.21. The number of halogens is 1. The number of benzene rings is 1. The van der Waals surface area contributed by atoms with Crippen LogP contribution in [0.1, 0.15) is 35.2 Å². The number of amides is 1. The van der Waals surface area contributed by atoms with Crippen molar-refractivity contribution in [2.45, 2.75) is 31.6 Å². The SMILES string of the molecule is Cc1cc(C(=O)NCC2CCCC2Cl)ccc1[N+](=O)[O-]. The zero-order valence-corrected chi connectivity index (χ0v) is 12.0. The highest BCUT2D eigenvalue weighted by atomic mass is 35.5. The molecule has 0 aromatic heterocycles. The van der Waals surface area contributed by atoms with Gasteiger partial charge in [0.2, 0.25) is 0 Å². The second kappa shape index (κ2) is 6.22. The van der Waals surface area contributed by atoms with Crippen LogP contribution < -0.4 is 5.32 Å². The van der Waals surface area contributed by atoms with Crippen LogP contribution in [0.15, 0.2) is 18.2 Å². The van der Waals surface area contributed by atoms with Crippen LogP contribution in [0.2, 0.25) is 0 Å². The number of aryl methyl sites for hydroxylation is 1. The number of nitro benzene ring substituents is 1. The maximum absolute atomic E-state index is 12.0. The smallest absolute Gasteiger partial charge is 0.272 e. The quantitative estimate of drug-likeness (QED) is 0.527. The highest BCUT2D eigenvalue weighted by Gasteiger charge is 2.25. The van der Waals surface area contributed by atoms with E-state index >= 15 is 0 Å². The van der Waals surface area contributed by atoms with Crippen molar-refractivity contribution in [1.29, 1.82) is 0 Å². The Kier molecular flexibility index (Phi) is 4.60. The molecule has 1 aliphatic carbocycles. The molecule has 0 radical (unpaired) electrons. The van der Waals surface area contributed by atoms with Crippen LogP contribution in [0.25, 0.3) is 0 Å². The standard InChI is InChI=1S/C14H17ClN2O3/c1-9-7-10(5-6-13(9)17(19)20)14(18)16-8-11-3-2-4-12(11)15/h5-7,11-12H,2-4,8H2,1H3,(H,16,18). The monoisotopic (exact) mass is 296 g/mol. The fourth-order valence-corrected chi connectivity index (χ4v) is 2.92. The van der Waals surface area contributed by atoms with Gasteiger partial charge in [-0.1, -0.05) is 6.42 Å². The van der Waals surface area contributed by atoms with E-state index in [9.17, 15) is 14.9 Å². The lowest BCUT2D eigenvalue weighted by molar-refractivity contribution is -0.385. The Morgan fingerprint density at radius 2 is 2.25 bits per heavy atom. The summed E-state index contributed by atoms with van der Waals surface area (Å²) in [7, 11) is 0. The van der Waals surface area contributed by atoms with Crippen molar-refractivity contribution in [3.05, 3.63) is 39.4 Å². The number of alkyl halides is 1. The summed E-state index contributed by atoms with van der Waals surface area (Å²) in [5, 5.41) is 13.7. The van der Waals surface area contributed by atoms with Gasteiger partial charge in [0, 0.05) is 29.1 Å². The van der Waals surface area contributed by atoms with Crippen molar-refractivity contribution < 1.29 is 9.72 Å². The predicted octanol–water partition coefficient (Wildman–Crippen LogP) is 3.04. The molecular weight excluding hydrogens is 280 g/mol. The Morgan fingerprint density at radius 3 is 2.80 bits per heavy atom. The fourth-order valence-electron chi connectivity index (χ4n) is 2.55. The van der Waals surface area contributed by atoms with E-state index in [0.29, 0.717) is 23.6 Å². The summed E-state index contributed by atoms with van der Waals surface area (Å²) in [6, 6.07) is 4.39. The molecule has 0 spiro atoms. The van der Waals surface area contributed by atoms with Crippen molar-refractivity contribution in [3.63, 3.8) is 0 Å². The van der Waals surface area contributed by atoms with Crippen LogP contribution in [0.3, 0.4) is 0 Å². The Hall–Kier alpha value is -1.62. The molecule has 20 heavy (non-hydrogen) atoms. The van der Waals surface area contributed by atoms with Gasteiger partial charge in [-0.25, -0.2) is 0 Å². The molecule has 2 unspecified atom stereocenters. The van der Waals surface area contributed by atoms with Crippen molar-refractivity contribution >= 4 is 23.2 Å². The van der Waals surface area contributed by atoms with Crippen molar-refractivity contribution in [2.75, 3.05) is 6.54 Å². The lowest BCUT2D eigenvalue weighted by Gasteiger charge is -2.14. The minimum atomic E-state index is -0.451. The van der Waals surface area contributed by atoms with Crippen LogP contribution in [0.4, 0.5) is 5.69 Å². The van der Waals surface area contributed by atoms with E-state index in [1.165, 1.54) is 12.1 Å². The molecule has 0 bridgehead atoms. The van der Waals surface area contributed by atoms with Crippen LogP contribution >= 0.6 is 11.6 Å². The number of hydrogen-bond donors (Lipinski definition) is 1. The summed E-state index contributed by atoms with van der Waals surface area (Å²) in [6.45, 7) is 2.18. The molecule has 1 N–H and O–H groups in total. The third-order valence-corrected chi connectivity index (χ3v) is 4.32. The minimum Gasteiger partial charge on any atom is -0.352 e. The minimum absolute atomic E-state index is 0.0261. The van der Waals surface area contributed by atoms with Gasteiger partial charge in [-0.2, -0.15) is 0 Å². The number of nitrogens with one attached hydrogen (secondary N) is 1. The van der Waals surface area contributed by atoms with E-state index in [4.69, 9.17) is 11.6 Å². The molecule has 0 aliphatic heterocycles. The zero-order chi connectivity index (χ0) is 14.7. The molecule has 0 saturated heterocycles. The first-order valence-corrected chi connectivity index (χ1v) is 7.10. The number of rotatable bonds is 4. The second-order valence-corrected chi connectivity index (χ2v) is 5.74. The third kappa shape index (κ3) is 3.28. The molecule has 5 nitrogen and oxygen atoms in total. The van der Waals surface area contributed by atoms with Crippen LogP contribution in [-0.4, -0.2) is 22.8 Å². The Morgan fingerprint density at radius 1 is 1.50 bits per heavy atom. The molecule has 108 valence electrons. The molecule has 0 heterocycles. The first-order valence-electron chi connectivity index (χ1n) is 6.66. The van der Waals surface area contributed by atoms with Gasteiger partial charge in [0.1, 0.15) is 0 Å². The van der Waals surface area contributed by atoms with Gasteiger partial charge in [0.25, 0.3) is 11.6 Å². The molecule has 1 amide bonds. The van der Waals surface area contributed by atoms with Crippen molar-refractivity contribution in [1.82, 2.24) is 5.32 Å². The first-order chi connectivity index (χ1) is 9.49. The summed E-state index contributed by atoms with van der Waals surface area (Å²) in [6.07, 6.45) is 3.14. The number of carbonyl (C=O) groups is 1. The molecule has 1 saturated carbocycles. The zero-order valence-electron chi connectivity index (χ0n) is 11.3. The van der Waals surface area contributed by atoms with Crippen molar-refractivity contribution in [3.8, 4) is 0 Å². The maximum atomic E-state index is 12.0. The number of nitro groups is 1. The van der Waals surface area contributed by atoms with E-state index in [1.54, 1.807) is 13.0 Å². The topological polar surface area (TPSA) is 72.2 Å². The molecule has 1 aromatic rings. The number of carbonyl (C=O) groups excluding carboxylic acids is 1. The lowest BCUT2D eigenvalue weighted by Crippen LogP contribution is -2.31. The average Bonchev–Trinajstić information content (AvgIpc) is 2.81. The first kappa shape index (κ1) is 14.8. The van der Waals surface area contributed by atoms with Crippen LogP contribution in [-0.2, 0) is 0 Å². The van der Waals surface area contributed by atoms with Crippen LogP contribution in [0.5, 0.6) is 0 Å². The van der Waals surface area contributed by atoms with Gasteiger partial charge >= 0.3 is 0 Å². The lowest BCUT2D eigenvalue weighted by atomic mass is 10.1. The van der Waals surface area contributed by atoms with Gasteiger partial charge < -0.3 is 5.32 Å².